The van der Waals surface area contributed by atoms with Crippen molar-refractivity contribution in [3.05, 3.63) is 42.0 Å². The average molecular weight is 221 g/mol. The number of benzene rings is 1. The van der Waals surface area contributed by atoms with Crippen LogP contribution in [0.5, 0.6) is 0 Å². The van der Waals surface area contributed by atoms with Crippen molar-refractivity contribution < 1.29 is 19.8 Å². The summed E-state index contributed by atoms with van der Waals surface area (Å²) in [5.41, 5.74) is 1.03. The van der Waals surface area contributed by atoms with Crippen molar-refractivity contribution in [1.29, 1.82) is 0 Å². The molecule has 0 unspecified atom stereocenters. The maximum atomic E-state index is 11.2. The lowest BCUT2D eigenvalue weighted by molar-refractivity contribution is -0.131. The van der Waals surface area contributed by atoms with Crippen molar-refractivity contribution in [2.75, 3.05) is 5.32 Å². The first kappa shape index (κ1) is 11.9. The van der Waals surface area contributed by atoms with E-state index in [9.17, 15) is 9.59 Å². The summed E-state index contributed by atoms with van der Waals surface area (Å²) in [5.74, 6) is -1.74. The van der Waals surface area contributed by atoms with Crippen molar-refractivity contribution in [1.82, 2.24) is 0 Å². The van der Waals surface area contributed by atoms with E-state index in [1.54, 1.807) is 24.3 Å². The average Bonchev–Trinajstić information content (AvgIpc) is 2.27. The lowest BCUT2D eigenvalue weighted by Gasteiger charge is -2.06. The number of carboxylic acid groups (broad SMARTS) is 1. The Morgan fingerprint density at radius 3 is 2.56 bits per heavy atom. The van der Waals surface area contributed by atoms with Crippen LogP contribution >= 0.6 is 0 Å². The molecule has 0 fully saturated rings. The fraction of sp³-hybridized carbons (Fsp3) is 0.0909. The van der Waals surface area contributed by atoms with Crippen LogP contribution in [0.2, 0.25) is 0 Å². The first-order valence-electron chi connectivity index (χ1n) is 4.54. The first-order chi connectivity index (χ1) is 7.63. The Morgan fingerprint density at radius 1 is 1.25 bits per heavy atom. The molecule has 16 heavy (non-hydrogen) atoms. The number of hydrogen-bond donors (Lipinski definition) is 3. The van der Waals surface area contributed by atoms with Gasteiger partial charge >= 0.3 is 5.97 Å². The Kier molecular flexibility index (Phi) is 4.23. The summed E-state index contributed by atoms with van der Waals surface area (Å²) < 4.78 is 0. The van der Waals surface area contributed by atoms with E-state index in [4.69, 9.17) is 10.2 Å². The number of amides is 1. The Morgan fingerprint density at radius 2 is 1.94 bits per heavy atom. The van der Waals surface area contributed by atoms with Gasteiger partial charge in [0, 0.05) is 23.4 Å². The Balaban J connectivity index is 2.73. The normalized spacial score (nSPS) is 10.3. The summed E-state index contributed by atoms with van der Waals surface area (Å²) in [6.07, 6.45) is 1.66. The maximum Gasteiger partial charge on any atom is 0.328 e. The molecule has 1 rings (SSSR count). The number of aliphatic hydroxyl groups excluding tert-OH is 1. The van der Waals surface area contributed by atoms with Gasteiger partial charge in [0.1, 0.15) is 0 Å². The van der Waals surface area contributed by atoms with Gasteiger partial charge in [-0.05, 0) is 6.07 Å². The molecule has 0 radical (unpaired) electrons. The van der Waals surface area contributed by atoms with E-state index in [1.165, 1.54) is 0 Å². The van der Waals surface area contributed by atoms with Crippen LogP contribution in [0.15, 0.2) is 36.4 Å². The summed E-state index contributed by atoms with van der Waals surface area (Å²) in [5, 5.41) is 19.8. The molecule has 0 aliphatic carbocycles. The lowest BCUT2D eigenvalue weighted by atomic mass is 10.2. The van der Waals surface area contributed by atoms with Gasteiger partial charge in [-0.2, -0.15) is 0 Å². The number of carbonyl (C=O) groups excluding carboxylic acids is 1. The summed E-state index contributed by atoms with van der Waals surface area (Å²) >= 11 is 0. The molecule has 3 N–H and O–H groups in total. The molecule has 0 aliphatic rings. The molecule has 0 spiro atoms. The van der Waals surface area contributed by atoms with Crippen molar-refractivity contribution in [3.63, 3.8) is 0 Å². The van der Waals surface area contributed by atoms with Gasteiger partial charge in [-0.1, -0.05) is 18.2 Å². The van der Waals surface area contributed by atoms with Gasteiger partial charge in [0.25, 0.3) is 0 Å². The quantitative estimate of drug-likeness (QED) is 0.655. The van der Waals surface area contributed by atoms with E-state index in [-0.39, 0.29) is 6.61 Å². The molecule has 5 nitrogen and oxygen atoms in total. The third-order valence-electron chi connectivity index (χ3n) is 1.82. The van der Waals surface area contributed by atoms with Gasteiger partial charge in [-0.25, -0.2) is 4.79 Å². The topological polar surface area (TPSA) is 86.6 Å². The first-order valence-corrected chi connectivity index (χ1v) is 4.54. The number of carbonyl (C=O) groups is 2. The van der Waals surface area contributed by atoms with Crippen molar-refractivity contribution in [3.8, 4) is 0 Å². The minimum Gasteiger partial charge on any atom is -0.478 e. The van der Waals surface area contributed by atoms with Gasteiger partial charge in [0.15, 0.2) is 0 Å². The molecular formula is C11H11NO4. The van der Waals surface area contributed by atoms with Crippen molar-refractivity contribution in [2.45, 2.75) is 6.61 Å². The minimum absolute atomic E-state index is 0.195. The Labute approximate surface area is 92.0 Å². The molecule has 0 saturated heterocycles. The minimum atomic E-state index is -1.19. The highest BCUT2D eigenvalue weighted by Gasteiger charge is 2.03. The Bertz CT molecular complexity index is 426. The SMILES string of the molecule is O=C(O)C=CC(=O)Nc1ccccc1CO. The molecule has 0 heterocycles. The molecule has 1 amide bonds. The molecule has 1 aromatic carbocycles. The number of para-hydroxylation sites is 1. The lowest BCUT2D eigenvalue weighted by Crippen LogP contribution is -2.10. The largest absolute Gasteiger partial charge is 0.478 e. The van der Waals surface area contributed by atoms with Crippen molar-refractivity contribution in [2.24, 2.45) is 0 Å². The number of hydrogen-bond acceptors (Lipinski definition) is 3. The van der Waals surface area contributed by atoms with E-state index >= 15 is 0 Å². The second-order valence-corrected chi connectivity index (χ2v) is 2.98. The second-order valence-electron chi connectivity index (χ2n) is 2.98. The molecule has 0 saturated carbocycles. The highest BCUT2D eigenvalue weighted by Crippen LogP contribution is 2.14. The van der Waals surface area contributed by atoms with E-state index in [1.807, 2.05) is 0 Å². The summed E-state index contributed by atoms with van der Waals surface area (Å²) in [7, 11) is 0. The van der Waals surface area contributed by atoms with Gasteiger partial charge in [0.2, 0.25) is 5.91 Å². The molecular weight excluding hydrogens is 210 g/mol. The number of anilines is 1. The van der Waals surface area contributed by atoms with E-state index in [2.05, 4.69) is 5.32 Å². The third-order valence-corrected chi connectivity index (χ3v) is 1.82. The van der Waals surface area contributed by atoms with E-state index in [0.717, 1.165) is 12.2 Å². The fourth-order valence-corrected chi connectivity index (χ4v) is 1.10. The van der Waals surface area contributed by atoms with Crippen LogP contribution in [0.3, 0.4) is 0 Å². The molecule has 0 aromatic heterocycles. The number of aliphatic hydroxyl groups is 1. The molecule has 0 bridgehead atoms. The molecule has 1 aromatic rings. The zero-order valence-corrected chi connectivity index (χ0v) is 8.38. The van der Waals surface area contributed by atoms with Crippen LogP contribution in [0, 0.1) is 0 Å². The van der Waals surface area contributed by atoms with Crippen LogP contribution in [-0.2, 0) is 16.2 Å². The van der Waals surface area contributed by atoms with E-state index < -0.39 is 11.9 Å². The predicted molar refractivity (Wildman–Crippen MR) is 57.8 cm³/mol. The zero-order chi connectivity index (χ0) is 12.0. The molecule has 5 heteroatoms. The van der Waals surface area contributed by atoms with Gasteiger partial charge in [-0.3, -0.25) is 4.79 Å². The number of rotatable bonds is 4. The monoisotopic (exact) mass is 221 g/mol. The molecule has 0 aliphatic heterocycles. The van der Waals surface area contributed by atoms with Crippen LogP contribution in [0.25, 0.3) is 0 Å². The third kappa shape index (κ3) is 3.55. The number of nitrogens with one attached hydrogen (secondary N) is 1. The van der Waals surface area contributed by atoms with Crippen LogP contribution in [-0.4, -0.2) is 22.1 Å². The summed E-state index contributed by atoms with van der Waals surface area (Å²) in [6, 6.07) is 6.72. The summed E-state index contributed by atoms with van der Waals surface area (Å²) in [4.78, 5) is 21.4. The number of carboxylic acids is 1. The number of aliphatic carboxylic acids is 1. The molecule has 0 atom stereocenters. The second kappa shape index (κ2) is 5.67. The van der Waals surface area contributed by atoms with Crippen molar-refractivity contribution >= 4 is 17.6 Å². The highest BCUT2D eigenvalue weighted by atomic mass is 16.4. The highest BCUT2D eigenvalue weighted by molar-refractivity contribution is 6.02. The fourth-order valence-electron chi connectivity index (χ4n) is 1.10. The van der Waals surface area contributed by atoms with E-state index in [0.29, 0.717) is 11.3 Å². The van der Waals surface area contributed by atoms with Gasteiger partial charge < -0.3 is 15.5 Å². The summed E-state index contributed by atoms with van der Waals surface area (Å²) in [6.45, 7) is -0.195. The maximum absolute atomic E-state index is 11.2. The van der Waals surface area contributed by atoms with Crippen LogP contribution in [0.4, 0.5) is 5.69 Å². The van der Waals surface area contributed by atoms with Gasteiger partial charge in [0.05, 0.1) is 6.61 Å². The smallest absolute Gasteiger partial charge is 0.328 e. The van der Waals surface area contributed by atoms with Crippen LogP contribution < -0.4 is 5.32 Å². The standard InChI is InChI=1S/C11H11NO4/c13-7-8-3-1-2-4-9(8)12-10(14)5-6-11(15)16/h1-6,13H,7H2,(H,12,14)(H,15,16). The predicted octanol–water partition coefficient (Wildman–Crippen LogP) is 0.758. The van der Waals surface area contributed by atoms with Gasteiger partial charge in [-0.15, -0.1) is 0 Å². The Hall–Kier alpha value is -2.14. The van der Waals surface area contributed by atoms with Crippen LogP contribution in [0.1, 0.15) is 5.56 Å². The zero-order valence-electron chi connectivity index (χ0n) is 8.38. The molecule has 84 valence electrons.